The second-order valence-electron chi connectivity index (χ2n) is 6.46. The van der Waals surface area contributed by atoms with Gasteiger partial charge < -0.3 is 9.63 Å². The zero-order chi connectivity index (χ0) is 17.3. The van der Waals surface area contributed by atoms with Gasteiger partial charge in [0.1, 0.15) is 5.91 Å². The predicted octanol–water partition coefficient (Wildman–Crippen LogP) is -2.63. The molecule has 9 heteroatoms. The van der Waals surface area contributed by atoms with Gasteiger partial charge in [0.05, 0.1) is 5.92 Å². The summed E-state index contributed by atoms with van der Waals surface area (Å²) in [6, 6.07) is 0. The molecule has 2 aliphatic heterocycles. The third-order valence-corrected chi connectivity index (χ3v) is 4.83. The molecule has 0 aromatic rings. The molecule has 0 aromatic heterocycles. The largest absolute Gasteiger partial charge is 1.00 e. The molecule has 0 aromatic carbocycles. The van der Waals surface area contributed by atoms with E-state index in [2.05, 4.69) is 0 Å². The van der Waals surface area contributed by atoms with Crippen LogP contribution in [0, 0.1) is 18.3 Å². The predicted molar refractivity (Wildman–Crippen MR) is 78.3 cm³/mol. The van der Waals surface area contributed by atoms with Crippen molar-refractivity contribution in [3.63, 3.8) is 0 Å². The van der Waals surface area contributed by atoms with Gasteiger partial charge in [-0.2, -0.15) is 0 Å². The van der Waals surface area contributed by atoms with Gasteiger partial charge in [-0.15, -0.1) is 5.06 Å². The summed E-state index contributed by atoms with van der Waals surface area (Å²) in [7, 11) is 0. The van der Waals surface area contributed by atoms with Crippen LogP contribution in [-0.2, 0) is 28.8 Å². The van der Waals surface area contributed by atoms with E-state index in [9.17, 15) is 24.0 Å². The molecule has 1 saturated carbocycles. The minimum absolute atomic E-state index is 0. The SMILES string of the molecule is O=C(ON1C(=O)[CH-]CC1=O)C1CCC(CN2C(=O)CCC2=O)CC1.[Na+]. The summed E-state index contributed by atoms with van der Waals surface area (Å²) >= 11 is 0. The summed E-state index contributed by atoms with van der Waals surface area (Å²) in [6.45, 7) is 0.414. The minimum atomic E-state index is -0.604. The molecule has 3 rings (SSSR count). The van der Waals surface area contributed by atoms with Crippen molar-refractivity contribution in [1.82, 2.24) is 9.96 Å². The fourth-order valence-electron chi connectivity index (χ4n) is 3.39. The summed E-state index contributed by atoms with van der Waals surface area (Å²) in [6.07, 6.45) is 4.22. The van der Waals surface area contributed by atoms with Crippen molar-refractivity contribution >= 4 is 29.6 Å². The minimum Gasteiger partial charge on any atom is -0.333 e. The van der Waals surface area contributed by atoms with E-state index in [1.165, 1.54) is 11.3 Å². The zero-order valence-electron chi connectivity index (χ0n) is 14.2. The van der Waals surface area contributed by atoms with Crippen LogP contribution in [0.15, 0.2) is 0 Å². The number of likely N-dealkylation sites (tertiary alicyclic amines) is 1. The first-order chi connectivity index (χ1) is 11.5. The summed E-state index contributed by atoms with van der Waals surface area (Å²) in [5.41, 5.74) is 0. The molecule has 1 aliphatic carbocycles. The van der Waals surface area contributed by atoms with Crippen LogP contribution in [0.3, 0.4) is 0 Å². The topological polar surface area (TPSA) is 101 Å². The van der Waals surface area contributed by atoms with Crippen LogP contribution in [0.1, 0.15) is 44.9 Å². The Morgan fingerprint density at radius 3 is 2.12 bits per heavy atom. The number of imide groups is 2. The van der Waals surface area contributed by atoms with E-state index in [1.807, 2.05) is 0 Å². The molecule has 0 spiro atoms. The van der Waals surface area contributed by atoms with Gasteiger partial charge in [-0.1, -0.05) is 6.42 Å². The Morgan fingerprint density at radius 1 is 1.00 bits per heavy atom. The Labute approximate surface area is 167 Å². The van der Waals surface area contributed by atoms with E-state index in [-0.39, 0.29) is 72.5 Å². The third kappa shape index (κ3) is 4.43. The molecule has 0 bridgehead atoms. The van der Waals surface area contributed by atoms with Crippen LogP contribution in [0.4, 0.5) is 0 Å². The van der Waals surface area contributed by atoms with E-state index in [1.54, 1.807) is 0 Å². The molecule has 3 fully saturated rings. The standard InChI is InChI=1S/C16H19N2O6.Na/c19-12-5-6-13(20)17(12)9-10-1-3-11(4-2-10)16(23)24-18-14(21)7-8-15(18)22;/h7,10-11H,1-6,8-9H2;/q-1;+1. The number of carbonyl (C=O) groups is 5. The molecule has 25 heavy (non-hydrogen) atoms. The average molecular weight is 358 g/mol. The second kappa shape index (κ2) is 8.33. The van der Waals surface area contributed by atoms with Gasteiger partial charge in [0.15, 0.2) is 0 Å². The molecule has 3 aliphatic rings. The maximum absolute atomic E-state index is 12.1. The molecule has 0 radical (unpaired) electrons. The molecular weight excluding hydrogens is 339 g/mol. The number of hydrogen-bond acceptors (Lipinski definition) is 6. The zero-order valence-corrected chi connectivity index (χ0v) is 16.2. The maximum atomic E-state index is 12.1. The van der Waals surface area contributed by atoms with Crippen molar-refractivity contribution in [3.8, 4) is 0 Å². The van der Waals surface area contributed by atoms with E-state index < -0.39 is 17.8 Å². The summed E-state index contributed by atoms with van der Waals surface area (Å²) < 4.78 is 0. The molecule has 0 atom stereocenters. The second-order valence-corrected chi connectivity index (χ2v) is 6.46. The van der Waals surface area contributed by atoms with Crippen LogP contribution in [0.2, 0.25) is 0 Å². The number of hydroxylamine groups is 2. The van der Waals surface area contributed by atoms with Gasteiger partial charge in [0.2, 0.25) is 17.7 Å². The van der Waals surface area contributed by atoms with Crippen molar-refractivity contribution < 1.29 is 58.4 Å². The molecule has 0 N–H and O–H groups in total. The first-order valence-electron chi connectivity index (χ1n) is 8.21. The van der Waals surface area contributed by atoms with Gasteiger partial charge in [-0.05, 0) is 31.6 Å². The molecule has 4 amide bonds. The van der Waals surface area contributed by atoms with Gasteiger partial charge in [-0.25, -0.2) is 4.79 Å². The van der Waals surface area contributed by atoms with Crippen molar-refractivity contribution in [2.45, 2.75) is 44.9 Å². The smallest absolute Gasteiger partial charge is 0.333 e. The molecule has 2 heterocycles. The summed E-state index contributed by atoms with van der Waals surface area (Å²) in [4.78, 5) is 64.5. The van der Waals surface area contributed by atoms with Crippen LogP contribution in [-0.4, -0.2) is 46.1 Å². The number of nitrogens with zero attached hydrogens (tertiary/aromatic N) is 2. The van der Waals surface area contributed by atoms with Gasteiger partial charge >= 0.3 is 35.5 Å². The van der Waals surface area contributed by atoms with Crippen LogP contribution in [0.25, 0.3) is 0 Å². The Morgan fingerprint density at radius 2 is 1.60 bits per heavy atom. The summed E-state index contributed by atoms with van der Waals surface area (Å²) in [5, 5.41) is 0.524. The van der Waals surface area contributed by atoms with Crippen molar-refractivity contribution in [1.29, 1.82) is 0 Å². The quantitative estimate of drug-likeness (QED) is 0.310. The van der Waals surface area contributed by atoms with E-state index in [4.69, 9.17) is 4.84 Å². The fraction of sp³-hybridized carbons (Fsp3) is 0.625. The van der Waals surface area contributed by atoms with Crippen LogP contribution < -0.4 is 29.6 Å². The van der Waals surface area contributed by atoms with E-state index in [0.29, 0.717) is 37.3 Å². The molecule has 130 valence electrons. The molecule has 0 unspecified atom stereocenters. The van der Waals surface area contributed by atoms with Crippen LogP contribution in [0.5, 0.6) is 0 Å². The van der Waals surface area contributed by atoms with E-state index in [0.717, 1.165) is 0 Å². The Balaban J connectivity index is 0.00000225. The Hall–Kier alpha value is -1.38. The van der Waals surface area contributed by atoms with Crippen LogP contribution >= 0.6 is 0 Å². The Kier molecular flexibility index (Phi) is 6.65. The maximum Gasteiger partial charge on any atom is 1.00 e. The van der Waals surface area contributed by atoms with Crippen molar-refractivity contribution in [2.75, 3.05) is 6.54 Å². The van der Waals surface area contributed by atoms with Gasteiger partial charge in [-0.3, -0.25) is 25.7 Å². The molecule has 8 nitrogen and oxygen atoms in total. The fourth-order valence-corrected chi connectivity index (χ4v) is 3.39. The van der Waals surface area contributed by atoms with Crippen molar-refractivity contribution in [2.24, 2.45) is 11.8 Å². The first-order valence-corrected chi connectivity index (χ1v) is 8.21. The third-order valence-electron chi connectivity index (χ3n) is 4.83. The number of carbonyl (C=O) groups excluding carboxylic acids is 5. The first kappa shape index (κ1) is 19.9. The number of amides is 4. The number of rotatable bonds is 4. The summed E-state index contributed by atoms with van der Waals surface area (Å²) in [5.74, 6) is -2.14. The van der Waals surface area contributed by atoms with Gasteiger partial charge in [0.25, 0.3) is 0 Å². The average Bonchev–Trinajstić information content (AvgIpc) is 3.05. The van der Waals surface area contributed by atoms with E-state index >= 15 is 0 Å². The normalized spacial score (nSPS) is 26.6. The monoisotopic (exact) mass is 358 g/mol. The molecule has 2 saturated heterocycles. The van der Waals surface area contributed by atoms with Crippen molar-refractivity contribution in [3.05, 3.63) is 6.42 Å². The Bertz CT molecular complexity index is 567. The number of hydrogen-bond donors (Lipinski definition) is 0. The van der Waals surface area contributed by atoms with Gasteiger partial charge in [0, 0.05) is 19.4 Å². The molecular formula is C16H19N2NaO6.